The van der Waals surface area contributed by atoms with Gasteiger partial charge in [0.2, 0.25) is 17.8 Å². The molecule has 0 aliphatic heterocycles. The molecule has 208 valence electrons. The molecular formula is C29H38FN7O2. The van der Waals surface area contributed by atoms with Gasteiger partial charge in [0.1, 0.15) is 11.9 Å². The molecule has 1 aromatic carbocycles. The third kappa shape index (κ3) is 9.07. The van der Waals surface area contributed by atoms with E-state index in [-0.39, 0.29) is 29.6 Å². The quantitative estimate of drug-likeness (QED) is 0.334. The third-order valence-corrected chi connectivity index (χ3v) is 6.59. The molecule has 1 fully saturated rings. The summed E-state index contributed by atoms with van der Waals surface area (Å²) < 4.78 is 13.3. The SMILES string of the molecule is CNc1ncc(C#C[C@@H]2CCC[C@H](NC(=O)[C@H](C)N(C)C(=O)C=CCN(C)C)C2)c(Nc2ccc(F)cc2)n1. The lowest BCUT2D eigenvalue weighted by molar-refractivity contribution is -0.135. The summed E-state index contributed by atoms with van der Waals surface area (Å²) in [7, 11) is 7.22. The minimum absolute atomic E-state index is 0.0134. The molecule has 0 spiro atoms. The van der Waals surface area contributed by atoms with Gasteiger partial charge in [-0.2, -0.15) is 4.98 Å². The van der Waals surface area contributed by atoms with Crippen molar-refractivity contribution in [1.29, 1.82) is 0 Å². The summed E-state index contributed by atoms with van der Waals surface area (Å²) in [4.78, 5) is 37.5. The molecule has 1 saturated carbocycles. The third-order valence-electron chi connectivity index (χ3n) is 6.59. The van der Waals surface area contributed by atoms with Gasteiger partial charge in [0.05, 0.1) is 11.8 Å². The van der Waals surface area contributed by atoms with E-state index in [4.69, 9.17) is 0 Å². The summed E-state index contributed by atoms with van der Waals surface area (Å²) in [6.07, 6.45) is 8.41. The smallest absolute Gasteiger partial charge is 0.246 e. The van der Waals surface area contributed by atoms with Crippen LogP contribution in [0.15, 0.2) is 42.6 Å². The number of aromatic nitrogens is 2. The number of hydrogen-bond donors (Lipinski definition) is 3. The number of nitrogens with one attached hydrogen (secondary N) is 3. The Kier molecular flexibility index (Phi) is 10.8. The molecule has 3 N–H and O–H groups in total. The number of benzene rings is 1. The van der Waals surface area contributed by atoms with Gasteiger partial charge in [0.15, 0.2) is 5.82 Å². The second-order valence-electron chi connectivity index (χ2n) is 9.97. The van der Waals surface area contributed by atoms with Crippen molar-refractivity contribution in [3.63, 3.8) is 0 Å². The topological polar surface area (TPSA) is 102 Å². The molecule has 0 saturated heterocycles. The van der Waals surface area contributed by atoms with E-state index >= 15 is 0 Å². The van der Waals surface area contributed by atoms with Gasteiger partial charge >= 0.3 is 0 Å². The fraction of sp³-hybridized carbons (Fsp3) is 0.448. The first-order valence-electron chi connectivity index (χ1n) is 13.1. The number of rotatable bonds is 9. The maximum Gasteiger partial charge on any atom is 0.246 e. The van der Waals surface area contributed by atoms with Crippen LogP contribution in [0.1, 0.15) is 38.2 Å². The van der Waals surface area contributed by atoms with Crippen LogP contribution in [0.25, 0.3) is 0 Å². The van der Waals surface area contributed by atoms with Crippen molar-refractivity contribution in [2.24, 2.45) is 5.92 Å². The summed E-state index contributed by atoms with van der Waals surface area (Å²) in [5, 5.41) is 9.22. The van der Waals surface area contributed by atoms with Crippen LogP contribution in [-0.2, 0) is 9.59 Å². The zero-order valence-electron chi connectivity index (χ0n) is 23.3. The average Bonchev–Trinajstić information content (AvgIpc) is 2.92. The first-order chi connectivity index (χ1) is 18.7. The first kappa shape index (κ1) is 29.6. The van der Waals surface area contributed by atoms with E-state index in [1.54, 1.807) is 45.4 Å². The van der Waals surface area contributed by atoms with E-state index < -0.39 is 6.04 Å². The molecule has 3 atom stereocenters. The molecule has 1 heterocycles. The number of likely N-dealkylation sites (N-methyl/N-ethyl adjacent to an activating group) is 2. The van der Waals surface area contributed by atoms with Gasteiger partial charge in [-0.3, -0.25) is 9.59 Å². The molecule has 3 rings (SSSR count). The summed E-state index contributed by atoms with van der Waals surface area (Å²) in [6.45, 7) is 2.39. The van der Waals surface area contributed by atoms with Crippen LogP contribution in [0.2, 0.25) is 0 Å². The Hall–Kier alpha value is -3.97. The number of nitrogens with zero attached hydrogens (tertiary/aromatic N) is 4. The molecule has 1 aromatic heterocycles. The van der Waals surface area contributed by atoms with Crippen LogP contribution in [0, 0.1) is 23.6 Å². The Labute approximate surface area is 230 Å². The van der Waals surface area contributed by atoms with Gasteiger partial charge in [-0.25, -0.2) is 9.37 Å². The summed E-state index contributed by atoms with van der Waals surface area (Å²) in [6, 6.07) is 5.42. The van der Waals surface area contributed by atoms with Gasteiger partial charge in [0, 0.05) is 44.4 Å². The van der Waals surface area contributed by atoms with Crippen molar-refractivity contribution in [2.45, 2.75) is 44.7 Å². The van der Waals surface area contributed by atoms with Crippen LogP contribution in [0.4, 0.5) is 21.8 Å². The largest absolute Gasteiger partial charge is 0.357 e. The van der Waals surface area contributed by atoms with Crippen LogP contribution in [-0.4, -0.2) is 78.4 Å². The van der Waals surface area contributed by atoms with E-state index in [0.29, 0.717) is 29.6 Å². The van der Waals surface area contributed by atoms with Gasteiger partial charge in [-0.1, -0.05) is 24.3 Å². The highest BCUT2D eigenvalue weighted by Crippen LogP contribution is 2.25. The maximum atomic E-state index is 13.3. The van der Waals surface area contributed by atoms with Crippen molar-refractivity contribution < 1.29 is 14.0 Å². The molecule has 39 heavy (non-hydrogen) atoms. The molecule has 1 aliphatic rings. The lowest BCUT2D eigenvalue weighted by atomic mass is 9.86. The number of carbonyl (C=O) groups is 2. The Balaban J connectivity index is 1.63. The monoisotopic (exact) mass is 535 g/mol. The van der Waals surface area contributed by atoms with Gasteiger partial charge in [-0.05, 0) is 64.5 Å². The lowest BCUT2D eigenvalue weighted by Crippen LogP contribution is -2.49. The molecule has 10 heteroatoms. The second-order valence-corrected chi connectivity index (χ2v) is 9.97. The van der Waals surface area contributed by atoms with E-state index in [9.17, 15) is 14.0 Å². The van der Waals surface area contributed by atoms with Crippen LogP contribution in [0.3, 0.4) is 0 Å². The predicted molar refractivity (Wildman–Crippen MR) is 152 cm³/mol. The number of hydrogen-bond acceptors (Lipinski definition) is 7. The Bertz CT molecular complexity index is 1220. The zero-order chi connectivity index (χ0) is 28.4. The minimum Gasteiger partial charge on any atom is -0.357 e. The van der Waals surface area contributed by atoms with Gasteiger partial charge in [-0.15, -0.1) is 0 Å². The van der Waals surface area contributed by atoms with Crippen LogP contribution in [0.5, 0.6) is 0 Å². The minimum atomic E-state index is -0.587. The molecule has 1 aliphatic carbocycles. The Morgan fingerprint density at radius 3 is 2.64 bits per heavy atom. The molecular weight excluding hydrogens is 497 g/mol. The standard InChI is InChI=1S/C29H38FN7O2/c1-20(37(5)26(38)10-7-17-36(3)4)28(39)34-25-9-6-8-21(18-25)11-12-22-19-32-29(31-2)35-27(22)33-24-15-13-23(30)14-16-24/h7,10,13-16,19-21,25H,6,8-9,17-18H2,1-5H3,(H,34,39)(H2,31,32,33,35)/t20-,21-,25-/m0/s1. The first-order valence-corrected chi connectivity index (χ1v) is 13.1. The average molecular weight is 536 g/mol. The number of halogens is 1. The molecule has 0 bridgehead atoms. The van der Waals surface area contributed by atoms with E-state index in [1.165, 1.54) is 23.1 Å². The number of carbonyl (C=O) groups excluding carboxylic acids is 2. The fourth-order valence-electron chi connectivity index (χ4n) is 4.16. The highest BCUT2D eigenvalue weighted by molar-refractivity contribution is 5.92. The van der Waals surface area contributed by atoms with Crippen molar-refractivity contribution >= 4 is 29.3 Å². The van der Waals surface area contributed by atoms with Crippen molar-refractivity contribution in [2.75, 3.05) is 45.4 Å². The van der Waals surface area contributed by atoms with Gasteiger partial charge < -0.3 is 25.8 Å². The normalized spacial score (nSPS) is 17.7. The van der Waals surface area contributed by atoms with Crippen LogP contribution >= 0.6 is 0 Å². The second kappa shape index (κ2) is 14.3. The van der Waals surface area contributed by atoms with Crippen LogP contribution < -0.4 is 16.0 Å². The Morgan fingerprint density at radius 2 is 1.95 bits per heavy atom. The fourth-order valence-corrected chi connectivity index (χ4v) is 4.16. The summed E-state index contributed by atoms with van der Waals surface area (Å²) in [5.74, 6) is 6.91. The number of anilines is 3. The molecule has 0 radical (unpaired) electrons. The summed E-state index contributed by atoms with van der Waals surface area (Å²) in [5.41, 5.74) is 1.31. The van der Waals surface area contributed by atoms with E-state index in [0.717, 1.165) is 25.7 Å². The van der Waals surface area contributed by atoms with Gasteiger partial charge in [0.25, 0.3) is 0 Å². The van der Waals surface area contributed by atoms with Crippen molar-refractivity contribution in [3.05, 3.63) is 54.0 Å². The molecule has 0 unspecified atom stereocenters. The van der Waals surface area contributed by atoms with Crippen molar-refractivity contribution in [3.8, 4) is 11.8 Å². The summed E-state index contributed by atoms with van der Waals surface area (Å²) >= 11 is 0. The molecule has 2 amide bonds. The number of amides is 2. The molecule has 9 nitrogen and oxygen atoms in total. The van der Waals surface area contributed by atoms with E-state index in [2.05, 4.69) is 37.8 Å². The van der Waals surface area contributed by atoms with Crippen molar-refractivity contribution in [1.82, 2.24) is 25.1 Å². The highest BCUT2D eigenvalue weighted by Gasteiger charge is 2.26. The molecule has 2 aromatic rings. The predicted octanol–water partition coefficient (Wildman–Crippen LogP) is 3.39. The Morgan fingerprint density at radius 1 is 1.21 bits per heavy atom. The zero-order valence-corrected chi connectivity index (χ0v) is 23.3. The maximum absolute atomic E-state index is 13.3. The lowest BCUT2D eigenvalue weighted by Gasteiger charge is -2.30. The highest BCUT2D eigenvalue weighted by atomic mass is 19.1. The van der Waals surface area contributed by atoms with E-state index in [1.807, 2.05) is 19.0 Å².